The number of hydrogen-bond donors (Lipinski definition) is 1. The summed E-state index contributed by atoms with van der Waals surface area (Å²) in [4.78, 5) is 12.4. The number of rotatable bonds is 6. The number of carbonyl (C=O) groups excluding carboxylic acids is 1. The van der Waals surface area contributed by atoms with Gasteiger partial charge in [-0.05, 0) is 38.0 Å². The number of hydrogen-bond acceptors (Lipinski definition) is 5. The van der Waals surface area contributed by atoms with Crippen molar-refractivity contribution in [3.63, 3.8) is 0 Å². The molecule has 0 saturated carbocycles. The number of carbonyl (C=O) groups is 1. The fraction of sp³-hybridized carbons (Fsp3) is 0.450. The minimum atomic E-state index is -0.0620. The van der Waals surface area contributed by atoms with Crippen molar-refractivity contribution in [1.29, 1.82) is 5.26 Å². The maximum Gasteiger partial charge on any atom is 0.224 e. The maximum atomic E-state index is 12.4. The number of ether oxygens (including phenoxy) is 2. The number of aromatic nitrogens is 2. The molecule has 1 aromatic heterocycles. The van der Waals surface area contributed by atoms with Crippen molar-refractivity contribution >= 4 is 11.6 Å². The SMILES string of the molecule is Cc1nn(CCC#N)c(C)c1CCC(=O)Nc1ccc2c(c1)OCCCO2. The van der Waals surface area contributed by atoms with Crippen LogP contribution < -0.4 is 14.8 Å². The molecule has 0 unspecified atom stereocenters. The molecule has 1 aliphatic rings. The van der Waals surface area contributed by atoms with Gasteiger partial charge in [0.2, 0.25) is 5.91 Å². The minimum absolute atomic E-state index is 0.0620. The summed E-state index contributed by atoms with van der Waals surface area (Å²) in [6, 6.07) is 7.58. The normalized spacial score (nSPS) is 12.9. The first-order valence-corrected chi connectivity index (χ1v) is 9.18. The summed E-state index contributed by atoms with van der Waals surface area (Å²) in [5, 5.41) is 16.1. The Morgan fingerprint density at radius 3 is 2.85 bits per heavy atom. The van der Waals surface area contributed by atoms with Crippen molar-refractivity contribution in [2.75, 3.05) is 18.5 Å². The molecule has 0 aliphatic carbocycles. The number of nitriles is 1. The lowest BCUT2D eigenvalue weighted by atomic mass is 10.1. The Morgan fingerprint density at radius 1 is 1.30 bits per heavy atom. The number of aryl methyl sites for hydroxylation is 2. The molecule has 3 rings (SSSR count). The van der Waals surface area contributed by atoms with Crippen molar-refractivity contribution in [2.24, 2.45) is 0 Å². The lowest BCUT2D eigenvalue weighted by Gasteiger charge is -2.10. The lowest BCUT2D eigenvalue weighted by molar-refractivity contribution is -0.116. The van der Waals surface area contributed by atoms with Crippen LogP contribution in [0.5, 0.6) is 11.5 Å². The van der Waals surface area contributed by atoms with Crippen LogP contribution in [0.3, 0.4) is 0 Å². The largest absolute Gasteiger partial charge is 0.490 e. The van der Waals surface area contributed by atoms with Gasteiger partial charge in [0.15, 0.2) is 11.5 Å². The van der Waals surface area contributed by atoms with E-state index in [1.165, 1.54) is 0 Å². The molecule has 142 valence electrons. The van der Waals surface area contributed by atoms with Crippen molar-refractivity contribution in [2.45, 2.75) is 46.1 Å². The molecule has 0 fully saturated rings. The van der Waals surface area contributed by atoms with Gasteiger partial charge < -0.3 is 14.8 Å². The van der Waals surface area contributed by atoms with Gasteiger partial charge in [-0.2, -0.15) is 10.4 Å². The van der Waals surface area contributed by atoms with Crippen LogP contribution in [0.15, 0.2) is 18.2 Å². The molecule has 1 amide bonds. The second-order valence-electron chi connectivity index (χ2n) is 6.54. The molecule has 0 radical (unpaired) electrons. The van der Waals surface area contributed by atoms with Crippen LogP contribution >= 0.6 is 0 Å². The van der Waals surface area contributed by atoms with Crippen LogP contribution in [0.25, 0.3) is 0 Å². The van der Waals surface area contributed by atoms with Crippen LogP contribution in [-0.4, -0.2) is 28.9 Å². The monoisotopic (exact) mass is 368 g/mol. The van der Waals surface area contributed by atoms with E-state index in [-0.39, 0.29) is 5.91 Å². The van der Waals surface area contributed by atoms with Crippen molar-refractivity contribution in [1.82, 2.24) is 9.78 Å². The van der Waals surface area contributed by atoms with E-state index >= 15 is 0 Å². The van der Waals surface area contributed by atoms with E-state index in [0.717, 1.165) is 23.4 Å². The van der Waals surface area contributed by atoms with Crippen molar-refractivity contribution in [3.05, 3.63) is 35.2 Å². The topological polar surface area (TPSA) is 89.2 Å². The van der Waals surface area contributed by atoms with E-state index in [2.05, 4.69) is 16.5 Å². The van der Waals surface area contributed by atoms with Gasteiger partial charge in [0.05, 0.1) is 37.9 Å². The van der Waals surface area contributed by atoms with E-state index in [1.54, 1.807) is 6.07 Å². The Hall–Kier alpha value is -3.01. The number of nitrogens with zero attached hydrogens (tertiary/aromatic N) is 3. The molecule has 2 heterocycles. The molecule has 1 aliphatic heterocycles. The third-order valence-corrected chi connectivity index (χ3v) is 4.60. The smallest absolute Gasteiger partial charge is 0.224 e. The summed E-state index contributed by atoms with van der Waals surface area (Å²) in [5.41, 5.74) is 3.70. The Labute approximate surface area is 158 Å². The fourth-order valence-electron chi connectivity index (χ4n) is 3.17. The molecule has 2 aromatic rings. The Kier molecular flexibility index (Phi) is 5.97. The van der Waals surface area contributed by atoms with E-state index in [9.17, 15) is 4.79 Å². The van der Waals surface area contributed by atoms with E-state index in [0.29, 0.717) is 56.2 Å². The average Bonchev–Trinajstić information content (AvgIpc) is 2.81. The molecular formula is C20H24N4O3. The Bertz CT molecular complexity index is 867. The minimum Gasteiger partial charge on any atom is -0.490 e. The van der Waals surface area contributed by atoms with Gasteiger partial charge in [-0.25, -0.2) is 0 Å². The lowest BCUT2D eigenvalue weighted by Crippen LogP contribution is -2.13. The highest BCUT2D eigenvalue weighted by molar-refractivity contribution is 5.91. The summed E-state index contributed by atoms with van der Waals surface area (Å²) >= 11 is 0. The highest BCUT2D eigenvalue weighted by Crippen LogP contribution is 2.32. The zero-order chi connectivity index (χ0) is 19.2. The highest BCUT2D eigenvalue weighted by Gasteiger charge is 2.15. The average molecular weight is 368 g/mol. The van der Waals surface area contributed by atoms with E-state index in [4.69, 9.17) is 14.7 Å². The van der Waals surface area contributed by atoms with Crippen LogP contribution in [0.2, 0.25) is 0 Å². The van der Waals surface area contributed by atoms with E-state index in [1.807, 2.05) is 30.7 Å². The standard InChI is InChI=1S/C20H24N4O3/c1-14-17(15(2)24(23-14)10-3-9-21)6-8-20(25)22-16-5-7-18-19(13-16)27-12-4-11-26-18/h5,7,13H,3-4,6,8,10-12H2,1-2H3,(H,22,25). The van der Waals surface area contributed by atoms with Gasteiger partial charge in [-0.15, -0.1) is 0 Å². The second-order valence-corrected chi connectivity index (χ2v) is 6.54. The van der Waals surface area contributed by atoms with E-state index < -0.39 is 0 Å². The highest BCUT2D eigenvalue weighted by atomic mass is 16.5. The van der Waals surface area contributed by atoms with Crippen molar-refractivity contribution < 1.29 is 14.3 Å². The predicted molar refractivity (Wildman–Crippen MR) is 101 cm³/mol. The first kappa shape index (κ1) is 18.8. The molecular weight excluding hydrogens is 344 g/mol. The number of nitrogens with one attached hydrogen (secondary N) is 1. The van der Waals surface area contributed by atoms with Gasteiger partial charge >= 0.3 is 0 Å². The summed E-state index contributed by atoms with van der Waals surface area (Å²) in [7, 11) is 0. The molecule has 1 aromatic carbocycles. The zero-order valence-electron chi connectivity index (χ0n) is 15.7. The number of fused-ring (bicyclic) bond motifs is 1. The van der Waals surface area contributed by atoms with Gasteiger partial charge in [0.25, 0.3) is 0 Å². The molecule has 0 bridgehead atoms. The van der Waals surface area contributed by atoms with Crippen LogP contribution in [-0.2, 0) is 17.8 Å². The van der Waals surface area contributed by atoms with Crippen LogP contribution in [0.4, 0.5) is 5.69 Å². The number of anilines is 1. The molecule has 0 atom stereocenters. The van der Waals surface area contributed by atoms with Gasteiger partial charge in [0.1, 0.15) is 0 Å². The molecule has 7 heteroatoms. The van der Waals surface area contributed by atoms with Crippen LogP contribution in [0, 0.1) is 25.2 Å². The van der Waals surface area contributed by atoms with Gasteiger partial charge in [-0.3, -0.25) is 9.48 Å². The predicted octanol–water partition coefficient (Wildman–Crippen LogP) is 3.15. The van der Waals surface area contributed by atoms with Gasteiger partial charge in [0, 0.05) is 30.3 Å². The first-order valence-electron chi connectivity index (χ1n) is 9.18. The molecule has 27 heavy (non-hydrogen) atoms. The summed E-state index contributed by atoms with van der Waals surface area (Å²) in [6.07, 6.45) is 2.24. The van der Waals surface area contributed by atoms with Gasteiger partial charge in [-0.1, -0.05) is 0 Å². The van der Waals surface area contributed by atoms with Crippen molar-refractivity contribution in [3.8, 4) is 17.6 Å². The summed E-state index contributed by atoms with van der Waals surface area (Å²) in [5.74, 6) is 1.31. The first-order chi connectivity index (χ1) is 13.1. The number of benzene rings is 1. The maximum absolute atomic E-state index is 12.4. The fourth-order valence-corrected chi connectivity index (χ4v) is 3.17. The zero-order valence-corrected chi connectivity index (χ0v) is 15.7. The summed E-state index contributed by atoms with van der Waals surface area (Å²) < 4.78 is 13.1. The second kappa shape index (κ2) is 8.58. The quantitative estimate of drug-likeness (QED) is 0.846. The Morgan fingerprint density at radius 2 is 2.07 bits per heavy atom. The molecule has 7 nitrogen and oxygen atoms in total. The van der Waals surface area contributed by atoms with Crippen LogP contribution in [0.1, 0.15) is 36.2 Å². The Balaban J connectivity index is 1.60. The molecule has 0 spiro atoms. The molecule has 0 saturated heterocycles. The number of amides is 1. The molecule has 1 N–H and O–H groups in total. The summed E-state index contributed by atoms with van der Waals surface area (Å²) in [6.45, 7) is 5.74. The third-order valence-electron chi connectivity index (χ3n) is 4.60. The third kappa shape index (κ3) is 4.59.